The molecule has 0 bridgehead atoms. The minimum Gasteiger partial charge on any atom is -0.507 e. The number of amidine groups is 1. The number of aliphatic hydroxyl groups is 1. The van der Waals surface area contributed by atoms with Gasteiger partial charge in [-0.15, -0.1) is 0 Å². The molecule has 0 aromatic heterocycles. The van der Waals surface area contributed by atoms with Crippen LogP contribution in [0, 0.1) is 0 Å². The largest absolute Gasteiger partial charge is 0.507 e. The molecule has 0 fully saturated rings. The summed E-state index contributed by atoms with van der Waals surface area (Å²) in [6, 6.07) is 3.84. The van der Waals surface area contributed by atoms with Gasteiger partial charge in [0, 0.05) is 11.1 Å². The maximum absolute atomic E-state index is 12.0. The molecule has 0 aliphatic carbocycles. The number of phenols is 1. The summed E-state index contributed by atoms with van der Waals surface area (Å²) in [7, 11) is 0. The molecule has 1 aliphatic rings. The Bertz CT molecular complexity index is 718. The van der Waals surface area contributed by atoms with Crippen molar-refractivity contribution >= 4 is 28.9 Å². The maximum atomic E-state index is 12.0. The van der Waals surface area contributed by atoms with E-state index in [1.807, 2.05) is 53.7 Å². The van der Waals surface area contributed by atoms with E-state index in [4.69, 9.17) is 5.11 Å². The summed E-state index contributed by atoms with van der Waals surface area (Å²) in [6.07, 6.45) is 1.78. The first-order valence-corrected chi connectivity index (χ1v) is 9.00. The molecule has 3 N–H and O–H groups in total. The van der Waals surface area contributed by atoms with Crippen LogP contribution in [0.5, 0.6) is 5.75 Å². The molecule has 1 heterocycles. The Morgan fingerprint density at radius 2 is 1.64 bits per heavy atom. The number of aromatic hydroxyl groups is 1. The fraction of sp³-hybridized carbons (Fsp3) is 0.474. The Hall–Kier alpha value is -1.79. The van der Waals surface area contributed by atoms with E-state index in [-0.39, 0.29) is 23.5 Å². The van der Waals surface area contributed by atoms with Gasteiger partial charge < -0.3 is 15.5 Å². The molecule has 0 unspecified atom stereocenters. The highest BCUT2D eigenvalue weighted by Crippen LogP contribution is 2.40. The summed E-state index contributed by atoms with van der Waals surface area (Å²) < 4.78 is 0. The predicted molar refractivity (Wildman–Crippen MR) is 104 cm³/mol. The van der Waals surface area contributed by atoms with Crippen molar-refractivity contribution in [3.63, 3.8) is 0 Å². The Morgan fingerprint density at radius 1 is 1.12 bits per heavy atom. The zero-order valence-electron chi connectivity index (χ0n) is 15.6. The van der Waals surface area contributed by atoms with Crippen LogP contribution in [0.1, 0.15) is 58.2 Å². The standard InChI is InChI=1S/C19H26N2O3S/c1-18(2,3)12-7-11(8-13(15(12)23)19(4,5)6)9-14-16(24)21-17(25-14)20-10-22/h7-9,22-23H,10H2,1-6H3,(H,20,21,24). The van der Waals surface area contributed by atoms with Crippen LogP contribution in [0.2, 0.25) is 0 Å². The molecule has 25 heavy (non-hydrogen) atoms. The molecule has 1 aliphatic heterocycles. The normalized spacial score (nSPS) is 17.2. The fourth-order valence-corrected chi connectivity index (χ4v) is 3.39. The first kappa shape index (κ1) is 19.5. The zero-order chi connectivity index (χ0) is 19.0. The minimum atomic E-state index is -0.330. The average molecular weight is 362 g/mol. The van der Waals surface area contributed by atoms with Gasteiger partial charge in [0.2, 0.25) is 0 Å². The van der Waals surface area contributed by atoms with Gasteiger partial charge in [0.05, 0.1) is 4.91 Å². The Morgan fingerprint density at radius 3 is 2.08 bits per heavy atom. The topological polar surface area (TPSA) is 81.9 Å². The van der Waals surface area contributed by atoms with E-state index in [9.17, 15) is 9.90 Å². The van der Waals surface area contributed by atoms with Crippen LogP contribution >= 0.6 is 11.8 Å². The second-order valence-corrected chi connectivity index (χ2v) is 9.16. The predicted octanol–water partition coefficient (Wildman–Crippen LogP) is 3.50. The molecule has 0 spiro atoms. The van der Waals surface area contributed by atoms with E-state index in [0.29, 0.717) is 15.8 Å². The third kappa shape index (κ3) is 4.44. The van der Waals surface area contributed by atoms with Crippen molar-refractivity contribution in [2.45, 2.75) is 52.4 Å². The van der Waals surface area contributed by atoms with Gasteiger partial charge in [-0.2, -0.15) is 4.99 Å². The average Bonchev–Trinajstić information content (AvgIpc) is 2.78. The van der Waals surface area contributed by atoms with Crippen LogP contribution in [0.4, 0.5) is 0 Å². The Balaban J connectivity index is 2.53. The summed E-state index contributed by atoms with van der Waals surface area (Å²) in [6.45, 7) is 12.0. The lowest BCUT2D eigenvalue weighted by atomic mass is 9.78. The Labute approximate surface area is 153 Å². The summed E-state index contributed by atoms with van der Waals surface area (Å²) in [4.78, 5) is 16.4. The smallest absolute Gasteiger partial charge is 0.286 e. The molecular formula is C19H26N2O3S. The number of nitrogens with one attached hydrogen (secondary N) is 1. The van der Waals surface area contributed by atoms with Gasteiger partial charge in [0.25, 0.3) is 5.91 Å². The van der Waals surface area contributed by atoms with Crippen molar-refractivity contribution in [2.24, 2.45) is 4.99 Å². The maximum Gasteiger partial charge on any atom is 0.286 e. The first-order chi connectivity index (χ1) is 11.4. The van der Waals surface area contributed by atoms with Crippen LogP contribution in [0.3, 0.4) is 0 Å². The van der Waals surface area contributed by atoms with Crippen molar-refractivity contribution in [1.29, 1.82) is 0 Å². The highest BCUT2D eigenvalue weighted by molar-refractivity contribution is 8.18. The molecule has 1 aromatic rings. The van der Waals surface area contributed by atoms with Gasteiger partial charge in [-0.1, -0.05) is 41.5 Å². The molecule has 0 saturated carbocycles. The SMILES string of the molecule is CC(C)(C)c1cc(C=C2SC(NCO)=NC2=O)cc(C(C)(C)C)c1O. The number of carbonyl (C=O) groups is 1. The van der Waals surface area contributed by atoms with Gasteiger partial charge in [0.1, 0.15) is 12.5 Å². The molecule has 6 heteroatoms. The van der Waals surface area contributed by atoms with E-state index >= 15 is 0 Å². The van der Waals surface area contributed by atoms with Crippen LogP contribution in [0.15, 0.2) is 22.0 Å². The summed E-state index contributed by atoms with van der Waals surface area (Å²) >= 11 is 1.20. The lowest BCUT2D eigenvalue weighted by Gasteiger charge is -2.28. The van der Waals surface area contributed by atoms with Crippen molar-refractivity contribution in [2.75, 3.05) is 6.73 Å². The van der Waals surface area contributed by atoms with Gasteiger partial charge in [0.15, 0.2) is 5.17 Å². The molecule has 0 atom stereocenters. The number of hydrogen-bond donors (Lipinski definition) is 3. The second-order valence-electron chi connectivity index (χ2n) is 8.13. The second kappa shape index (κ2) is 6.84. The Kier molecular flexibility index (Phi) is 5.35. The number of thioether (sulfide) groups is 1. The number of rotatable bonds is 2. The van der Waals surface area contributed by atoms with Crippen LogP contribution in [-0.4, -0.2) is 28.0 Å². The van der Waals surface area contributed by atoms with E-state index < -0.39 is 0 Å². The monoisotopic (exact) mass is 362 g/mol. The van der Waals surface area contributed by atoms with Gasteiger partial charge in [-0.05, 0) is 46.4 Å². The van der Waals surface area contributed by atoms with E-state index in [2.05, 4.69) is 10.3 Å². The third-order valence-corrected chi connectivity index (χ3v) is 4.84. The molecule has 2 rings (SSSR count). The van der Waals surface area contributed by atoms with Gasteiger partial charge in [-0.3, -0.25) is 4.79 Å². The summed E-state index contributed by atoms with van der Waals surface area (Å²) in [5.41, 5.74) is 2.08. The summed E-state index contributed by atoms with van der Waals surface area (Å²) in [5.74, 6) is -0.0184. The molecule has 0 radical (unpaired) electrons. The van der Waals surface area contributed by atoms with E-state index in [1.54, 1.807) is 6.08 Å². The summed E-state index contributed by atoms with van der Waals surface area (Å²) in [5, 5.41) is 22.7. The number of hydrogen-bond acceptors (Lipinski definition) is 5. The van der Waals surface area contributed by atoms with E-state index in [1.165, 1.54) is 11.8 Å². The lowest BCUT2D eigenvalue weighted by molar-refractivity contribution is -0.113. The number of nitrogens with zero attached hydrogens (tertiary/aromatic N) is 1. The minimum absolute atomic E-state index is 0.231. The number of aliphatic imine (C=N–C) groups is 1. The number of benzene rings is 1. The van der Waals surface area contributed by atoms with E-state index in [0.717, 1.165) is 16.7 Å². The number of phenolic OH excluding ortho intramolecular Hbond substituents is 1. The van der Waals surface area contributed by atoms with Crippen LogP contribution in [-0.2, 0) is 15.6 Å². The molecule has 5 nitrogen and oxygen atoms in total. The molecule has 0 saturated heterocycles. The number of amides is 1. The third-order valence-electron chi connectivity index (χ3n) is 3.90. The molecule has 1 aromatic carbocycles. The fourth-order valence-electron chi connectivity index (χ4n) is 2.59. The first-order valence-electron chi connectivity index (χ1n) is 8.19. The number of carbonyl (C=O) groups excluding carboxylic acids is 1. The molecule has 1 amide bonds. The van der Waals surface area contributed by atoms with Crippen molar-refractivity contribution in [3.05, 3.63) is 33.7 Å². The van der Waals surface area contributed by atoms with Crippen molar-refractivity contribution in [3.8, 4) is 5.75 Å². The van der Waals surface area contributed by atoms with Crippen molar-refractivity contribution < 1.29 is 15.0 Å². The van der Waals surface area contributed by atoms with Gasteiger partial charge >= 0.3 is 0 Å². The zero-order valence-corrected chi connectivity index (χ0v) is 16.4. The highest BCUT2D eigenvalue weighted by atomic mass is 32.2. The highest BCUT2D eigenvalue weighted by Gasteiger charge is 2.27. The molecule has 136 valence electrons. The van der Waals surface area contributed by atoms with Crippen LogP contribution in [0.25, 0.3) is 6.08 Å². The van der Waals surface area contributed by atoms with Crippen LogP contribution < -0.4 is 5.32 Å². The van der Waals surface area contributed by atoms with Crippen molar-refractivity contribution in [1.82, 2.24) is 5.32 Å². The lowest BCUT2D eigenvalue weighted by Crippen LogP contribution is -2.19. The van der Waals surface area contributed by atoms with Gasteiger partial charge in [-0.25, -0.2) is 0 Å². The number of aliphatic hydroxyl groups excluding tert-OH is 1. The quantitative estimate of drug-likeness (QED) is 0.554. The molecular weight excluding hydrogens is 336 g/mol.